The highest BCUT2D eigenvalue weighted by Gasteiger charge is 2.43. The van der Waals surface area contributed by atoms with Crippen LogP contribution in [-0.4, -0.2) is 34.0 Å². The second kappa shape index (κ2) is 5.69. The monoisotopic (exact) mass is 321 g/mol. The molecule has 6 heteroatoms. The Kier molecular flexibility index (Phi) is 3.91. The lowest BCUT2D eigenvalue weighted by Crippen LogP contribution is -2.55. The highest BCUT2D eigenvalue weighted by Crippen LogP contribution is 2.29. The van der Waals surface area contributed by atoms with E-state index in [-0.39, 0.29) is 12.3 Å². The maximum atomic E-state index is 12.2. The molecule has 0 saturated carbocycles. The minimum atomic E-state index is -1.09. The van der Waals surface area contributed by atoms with Crippen LogP contribution in [0.5, 0.6) is 0 Å². The number of nitrogens with one attached hydrogen (secondary N) is 1. The van der Waals surface area contributed by atoms with Crippen molar-refractivity contribution in [2.24, 2.45) is 0 Å². The molecule has 2 heterocycles. The molecular formula is C15H15NO3S2. The number of carboxylic acids is 1. The van der Waals surface area contributed by atoms with E-state index < -0.39 is 11.5 Å². The summed E-state index contributed by atoms with van der Waals surface area (Å²) in [7, 11) is 0. The van der Waals surface area contributed by atoms with Crippen molar-refractivity contribution in [1.29, 1.82) is 0 Å². The van der Waals surface area contributed by atoms with E-state index in [1.54, 1.807) is 23.1 Å². The molecule has 1 fully saturated rings. The van der Waals surface area contributed by atoms with Crippen molar-refractivity contribution in [3.63, 3.8) is 0 Å². The van der Waals surface area contributed by atoms with Crippen LogP contribution in [0.3, 0.4) is 0 Å². The Labute approximate surface area is 130 Å². The van der Waals surface area contributed by atoms with E-state index in [1.807, 2.05) is 29.6 Å². The molecule has 1 amide bonds. The van der Waals surface area contributed by atoms with Crippen molar-refractivity contribution >= 4 is 45.1 Å². The molecule has 1 atom stereocenters. The molecule has 21 heavy (non-hydrogen) atoms. The molecule has 1 aliphatic heterocycles. The van der Waals surface area contributed by atoms with Gasteiger partial charge in [-0.15, -0.1) is 11.3 Å². The van der Waals surface area contributed by atoms with Gasteiger partial charge in [-0.25, -0.2) is 4.79 Å². The number of carboxylic acid groups (broad SMARTS) is 1. The lowest BCUT2D eigenvalue weighted by atomic mass is 9.98. The van der Waals surface area contributed by atoms with Crippen LogP contribution < -0.4 is 5.32 Å². The summed E-state index contributed by atoms with van der Waals surface area (Å²) in [6.07, 6.45) is 0.715. The number of thioether (sulfide) groups is 1. The summed E-state index contributed by atoms with van der Waals surface area (Å²) in [6, 6.07) is 7.93. The highest BCUT2D eigenvalue weighted by molar-refractivity contribution is 7.99. The molecule has 0 radical (unpaired) electrons. The number of hydrogen-bond acceptors (Lipinski definition) is 4. The summed E-state index contributed by atoms with van der Waals surface area (Å²) in [5, 5.41) is 15.2. The maximum absolute atomic E-state index is 12.2. The van der Waals surface area contributed by atoms with Crippen LogP contribution in [0.25, 0.3) is 10.1 Å². The van der Waals surface area contributed by atoms with Gasteiger partial charge in [-0.2, -0.15) is 11.8 Å². The Morgan fingerprint density at radius 1 is 1.33 bits per heavy atom. The van der Waals surface area contributed by atoms with Crippen LogP contribution >= 0.6 is 23.1 Å². The number of hydrogen-bond donors (Lipinski definition) is 2. The zero-order chi connectivity index (χ0) is 14.9. The number of thiophene rings is 1. The summed E-state index contributed by atoms with van der Waals surface area (Å²) in [5.74, 6) is 0.0614. The van der Waals surface area contributed by atoms with Crippen LogP contribution in [0, 0.1) is 0 Å². The SMILES string of the molecule is O=C(Cc1csc2ccccc12)NC1(C(=O)O)CCSC1. The molecule has 1 aliphatic rings. The predicted octanol–water partition coefficient (Wildman–Crippen LogP) is 2.52. The van der Waals surface area contributed by atoms with E-state index in [2.05, 4.69) is 5.32 Å². The van der Waals surface area contributed by atoms with Crippen LogP contribution in [0.4, 0.5) is 0 Å². The number of carbonyl (C=O) groups is 2. The van der Waals surface area contributed by atoms with Crippen molar-refractivity contribution in [3.05, 3.63) is 35.2 Å². The average molecular weight is 321 g/mol. The molecule has 110 valence electrons. The molecular weight excluding hydrogens is 306 g/mol. The predicted molar refractivity (Wildman–Crippen MR) is 86.0 cm³/mol. The van der Waals surface area contributed by atoms with Crippen molar-refractivity contribution < 1.29 is 14.7 Å². The zero-order valence-corrected chi connectivity index (χ0v) is 12.9. The fraction of sp³-hybridized carbons (Fsp3) is 0.333. The van der Waals surface area contributed by atoms with Crippen molar-refractivity contribution in [2.45, 2.75) is 18.4 Å². The number of carbonyl (C=O) groups excluding carboxylic acids is 1. The van der Waals surface area contributed by atoms with Crippen LogP contribution in [0.1, 0.15) is 12.0 Å². The zero-order valence-electron chi connectivity index (χ0n) is 11.3. The van der Waals surface area contributed by atoms with Gasteiger partial charge < -0.3 is 10.4 Å². The second-order valence-electron chi connectivity index (χ2n) is 5.17. The molecule has 1 unspecified atom stereocenters. The first-order valence-corrected chi connectivity index (χ1v) is 8.71. The van der Waals surface area contributed by atoms with Crippen LogP contribution in [0.15, 0.2) is 29.6 Å². The second-order valence-corrected chi connectivity index (χ2v) is 7.19. The third-order valence-electron chi connectivity index (χ3n) is 3.72. The summed E-state index contributed by atoms with van der Waals surface area (Å²) in [5.41, 5.74) is -0.132. The Balaban J connectivity index is 1.76. The first-order valence-electron chi connectivity index (χ1n) is 6.68. The minimum Gasteiger partial charge on any atom is -0.479 e. The summed E-state index contributed by atoms with van der Waals surface area (Å²) >= 11 is 3.17. The molecule has 1 saturated heterocycles. The molecule has 1 aromatic heterocycles. The topological polar surface area (TPSA) is 66.4 Å². The molecule has 0 aliphatic carbocycles. The molecule has 4 nitrogen and oxygen atoms in total. The van der Waals surface area contributed by atoms with Crippen molar-refractivity contribution in [3.8, 4) is 0 Å². The van der Waals surface area contributed by atoms with Gasteiger partial charge in [-0.05, 0) is 34.6 Å². The Hall–Kier alpha value is -1.53. The van der Waals surface area contributed by atoms with Gasteiger partial charge in [-0.1, -0.05) is 18.2 Å². The number of rotatable bonds is 4. The first-order chi connectivity index (χ1) is 10.1. The van der Waals surface area contributed by atoms with E-state index in [1.165, 1.54) is 0 Å². The number of benzene rings is 1. The van der Waals surface area contributed by atoms with Crippen molar-refractivity contribution in [2.75, 3.05) is 11.5 Å². The van der Waals surface area contributed by atoms with Gasteiger partial charge in [0.05, 0.1) is 6.42 Å². The number of fused-ring (bicyclic) bond motifs is 1. The number of amides is 1. The Morgan fingerprint density at radius 3 is 2.86 bits per heavy atom. The van der Waals surface area contributed by atoms with Gasteiger partial charge in [0.2, 0.25) is 5.91 Å². The maximum Gasteiger partial charge on any atom is 0.330 e. The summed E-state index contributed by atoms with van der Waals surface area (Å²) in [6.45, 7) is 0. The van der Waals surface area contributed by atoms with E-state index in [0.717, 1.165) is 21.4 Å². The van der Waals surface area contributed by atoms with Crippen molar-refractivity contribution in [1.82, 2.24) is 5.32 Å². The molecule has 2 N–H and O–H groups in total. The average Bonchev–Trinajstić information content (AvgIpc) is 3.08. The largest absolute Gasteiger partial charge is 0.479 e. The van der Waals surface area contributed by atoms with Crippen LogP contribution in [-0.2, 0) is 16.0 Å². The van der Waals surface area contributed by atoms with E-state index in [9.17, 15) is 14.7 Å². The Bertz CT molecular complexity index is 689. The minimum absolute atomic E-state index is 0.219. The molecule has 0 spiro atoms. The lowest BCUT2D eigenvalue weighted by Gasteiger charge is -2.24. The Morgan fingerprint density at radius 2 is 2.14 bits per heavy atom. The highest BCUT2D eigenvalue weighted by atomic mass is 32.2. The van der Waals surface area contributed by atoms with Gasteiger partial charge in [0.1, 0.15) is 5.54 Å². The number of aliphatic carboxylic acids is 1. The summed E-state index contributed by atoms with van der Waals surface area (Å²) in [4.78, 5) is 23.7. The van der Waals surface area contributed by atoms with Crippen LogP contribution in [0.2, 0.25) is 0 Å². The quantitative estimate of drug-likeness (QED) is 0.908. The van der Waals surface area contributed by atoms with E-state index >= 15 is 0 Å². The van der Waals surface area contributed by atoms with E-state index in [0.29, 0.717) is 12.2 Å². The fourth-order valence-electron chi connectivity index (χ4n) is 2.54. The fourth-order valence-corrected chi connectivity index (χ4v) is 4.83. The van der Waals surface area contributed by atoms with Gasteiger partial charge in [-0.3, -0.25) is 4.79 Å². The van der Waals surface area contributed by atoms with Gasteiger partial charge in [0, 0.05) is 10.5 Å². The lowest BCUT2D eigenvalue weighted by molar-refractivity contribution is -0.146. The van der Waals surface area contributed by atoms with Gasteiger partial charge in [0.15, 0.2) is 0 Å². The standard InChI is InChI=1S/C15H15NO3S2/c17-13(16-15(14(18)19)5-6-20-9-15)7-10-8-21-12-4-2-1-3-11(10)12/h1-4,8H,5-7,9H2,(H,16,17)(H,18,19). The normalized spacial score (nSPS) is 21.5. The van der Waals surface area contributed by atoms with Gasteiger partial charge >= 0.3 is 5.97 Å². The molecule has 1 aromatic carbocycles. The molecule has 2 aromatic rings. The summed E-state index contributed by atoms with van der Waals surface area (Å²) < 4.78 is 1.14. The molecule has 3 rings (SSSR count). The van der Waals surface area contributed by atoms with E-state index in [4.69, 9.17) is 0 Å². The third kappa shape index (κ3) is 2.78. The molecule has 0 bridgehead atoms. The van der Waals surface area contributed by atoms with Gasteiger partial charge in [0.25, 0.3) is 0 Å². The third-order valence-corrected chi connectivity index (χ3v) is 5.92. The first kappa shape index (κ1) is 14.4. The smallest absolute Gasteiger partial charge is 0.330 e.